The van der Waals surface area contributed by atoms with E-state index < -0.39 is 49.2 Å². The van der Waals surface area contributed by atoms with Crippen molar-refractivity contribution in [3.8, 4) is 0 Å². The smallest absolute Gasteiger partial charge is 0.239 e. The van der Waals surface area contributed by atoms with Gasteiger partial charge < -0.3 is 46.1 Å². The molecule has 2 aromatic heterocycles. The van der Waals surface area contributed by atoms with Crippen molar-refractivity contribution in [3.05, 3.63) is 12.7 Å². The molecular weight excluding hydrogens is 570 g/mol. The summed E-state index contributed by atoms with van der Waals surface area (Å²) in [6.07, 6.45) is 8.79. The molecule has 248 valence electrons. The van der Waals surface area contributed by atoms with Gasteiger partial charge in [0, 0.05) is 6.42 Å². The second-order valence-electron chi connectivity index (χ2n) is 12.1. The summed E-state index contributed by atoms with van der Waals surface area (Å²) in [4.78, 5) is 39.9. The Bertz CT molecular complexity index is 1130. The lowest BCUT2D eigenvalue weighted by Gasteiger charge is -2.44. The van der Waals surface area contributed by atoms with Gasteiger partial charge >= 0.3 is 0 Å². The summed E-state index contributed by atoms with van der Waals surface area (Å²) in [5.41, 5.74) is 0.794. The zero-order valence-electron chi connectivity index (χ0n) is 26.0. The molecule has 0 spiro atoms. The number of hydrogen-bond donors (Lipinski definition) is 8. The lowest BCUT2D eigenvalue weighted by atomic mass is 9.92. The fourth-order valence-corrected chi connectivity index (χ4v) is 5.41. The van der Waals surface area contributed by atoms with E-state index in [1.165, 1.54) is 57.6 Å². The Morgan fingerprint density at radius 2 is 1.59 bits per heavy atom. The van der Waals surface area contributed by atoms with E-state index in [2.05, 4.69) is 49.7 Å². The Morgan fingerprint density at radius 1 is 0.932 bits per heavy atom. The highest BCUT2D eigenvalue weighted by Crippen LogP contribution is 2.26. The minimum absolute atomic E-state index is 0.231. The standard InChI is InChI=1S/C30H51N7O7/c1-19(2)13-11-9-7-5-3-4-6-8-10-12-14-21(40)31-15-22(41)36-23-25(42)26(43)30(44-27(23)20(39)16-38)37-29-24-28(33-17-32-24)34-18-35-29/h17-20,23,25-27,30,38-39,42-43H,3-16H2,1-2H3,(H,31,40)(H,36,41)(H2,32,33,34,35,37)/t20-,23-,25-,26+,27+,30+/m1/s1. The molecule has 0 bridgehead atoms. The number of amides is 2. The van der Waals surface area contributed by atoms with Gasteiger partial charge in [-0.15, -0.1) is 0 Å². The summed E-state index contributed by atoms with van der Waals surface area (Å²) in [6.45, 7) is 3.47. The van der Waals surface area contributed by atoms with Crippen LogP contribution in [0.5, 0.6) is 0 Å². The van der Waals surface area contributed by atoms with E-state index in [0.29, 0.717) is 17.6 Å². The molecule has 1 aliphatic rings. The Labute approximate surface area is 258 Å². The van der Waals surface area contributed by atoms with E-state index in [4.69, 9.17) is 4.74 Å². The van der Waals surface area contributed by atoms with Crippen LogP contribution in [0.1, 0.15) is 90.9 Å². The topological polar surface area (TPSA) is 215 Å². The first-order valence-electron chi connectivity index (χ1n) is 16.0. The van der Waals surface area contributed by atoms with E-state index in [1.807, 2.05) is 0 Å². The molecule has 2 amide bonds. The van der Waals surface area contributed by atoms with Crippen molar-refractivity contribution < 1.29 is 34.8 Å². The Balaban J connectivity index is 1.35. The number of H-pyrrole nitrogens is 1. The van der Waals surface area contributed by atoms with Gasteiger partial charge in [0.25, 0.3) is 0 Å². The van der Waals surface area contributed by atoms with Crippen LogP contribution in [-0.4, -0.2) is 102 Å². The summed E-state index contributed by atoms with van der Waals surface area (Å²) in [7, 11) is 0. The fraction of sp³-hybridized carbons (Fsp3) is 0.767. The number of carbonyl (C=O) groups is 2. The average Bonchev–Trinajstić information content (AvgIpc) is 3.50. The molecule has 0 saturated carbocycles. The Kier molecular flexibility index (Phi) is 15.2. The van der Waals surface area contributed by atoms with Crippen LogP contribution < -0.4 is 16.0 Å². The van der Waals surface area contributed by atoms with Crippen LogP contribution in [0.2, 0.25) is 0 Å². The number of nitrogens with zero attached hydrogens (tertiary/aromatic N) is 3. The average molecular weight is 622 g/mol. The quantitative estimate of drug-likeness (QED) is 0.0992. The van der Waals surface area contributed by atoms with Crippen LogP contribution in [-0.2, 0) is 14.3 Å². The van der Waals surface area contributed by atoms with E-state index in [1.54, 1.807) is 0 Å². The minimum atomic E-state index is -1.59. The van der Waals surface area contributed by atoms with Gasteiger partial charge in [-0.05, 0) is 12.3 Å². The van der Waals surface area contributed by atoms with Crippen molar-refractivity contribution in [1.29, 1.82) is 0 Å². The molecule has 0 radical (unpaired) electrons. The van der Waals surface area contributed by atoms with Crippen molar-refractivity contribution in [2.75, 3.05) is 18.5 Å². The van der Waals surface area contributed by atoms with Gasteiger partial charge in [0.2, 0.25) is 11.8 Å². The van der Waals surface area contributed by atoms with Crippen molar-refractivity contribution in [1.82, 2.24) is 30.6 Å². The molecule has 14 heteroatoms. The predicted octanol–water partition coefficient (Wildman–Crippen LogP) is 1.50. The number of rotatable bonds is 20. The van der Waals surface area contributed by atoms with Gasteiger partial charge in [0.1, 0.15) is 36.3 Å². The predicted molar refractivity (Wildman–Crippen MR) is 164 cm³/mol. The molecule has 44 heavy (non-hydrogen) atoms. The second kappa shape index (κ2) is 18.8. The molecule has 0 aromatic carbocycles. The maximum Gasteiger partial charge on any atom is 0.239 e. The number of ether oxygens (including phenoxy) is 1. The number of aromatic amines is 1. The molecule has 14 nitrogen and oxygen atoms in total. The van der Waals surface area contributed by atoms with Crippen LogP contribution >= 0.6 is 0 Å². The van der Waals surface area contributed by atoms with Gasteiger partial charge in [0.15, 0.2) is 17.7 Å². The third-order valence-electron chi connectivity index (χ3n) is 7.96. The Morgan fingerprint density at radius 3 is 2.25 bits per heavy atom. The number of fused-ring (bicyclic) bond motifs is 1. The van der Waals surface area contributed by atoms with Gasteiger partial charge in [0.05, 0.1) is 25.5 Å². The van der Waals surface area contributed by atoms with Gasteiger partial charge in [-0.25, -0.2) is 15.0 Å². The first-order chi connectivity index (χ1) is 21.2. The number of aliphatic hydroxyl groups is 4. The number of nitrogens with one attached hydrogen (secondary N) is 4. The lowest BCUT2D eigenvalue weighted by Crippen LogP contribution is -2.68. The number of unbranched alkanes of at least 4 members (excludes halogenated alkanes) is 9. The zero-order chi connectivity index (χ0) is 31.9. The van der Waals surface area contributed by atoms with Crippen LogP contribution in [0, 0.1) is 5.92 Å². The van der Waals surface area contributed by atoms with E-state index >= 15 is 0 Å². The number of hydrogen-bond acceptors (Lipinski definition) is 11. The third kappa shape index (κ3) is 11.2. The number of aliphatic hydroxyl groups excluding tert-OH is 4. The summed E-state index contributed by atoms with van der Waals surface area (Å²) in [5, 5.41) is 49.6. The van der Waals surface area contributed by atoms with Crippen LogP contribution in [0.15, 0.2) is 12.7 Å². The second-order valence-corrected chi connectivity index (χ2v) is 12.1. The molecule has 0 unspecified atom stereocenters. The minimum Gasteiger partial charge on any atom is -0.394 e. The molecule has 1 aliphatic heterocycles. The molecule has 1 fully saturated rings. The highest BCUT2D eigenvalue weighted by atomic mass is 16.5. The summed E-state index contributed by atoms with van der Waals surface area (Å²) >= 11 is 0. The molecule has 6 atom stereocenters. The SMILES string of the molecule is CC(C)CCCCCCCCCCCCC(=O)NCC(=O)N[C@@H]1[C@@H](O)[C@H](O)[C@@H](Nc2ncnc3nc[nH]c23)O[C@H]1[C@H](O)CO. The number of anilines is 1. The monoisotopic (exact) mass is 621 g/mol. The van der Waals surface area contributed by atoms with Crippen LogP contribution in [0.25, 0.3) is 11.2 Å². The number of carbonyl (C=O) groups excluding carboxylic acids is 2. The van der Waals surface area contributed by atoms with Crippen molar-refractivity contribution in [3.63, 3.8) is 0 Å². The van der Waals surface area contributed by atoms with Crippen molar-refractivity contribution in [2.24, 2.45) is 5.92 Å². The van der Waals surface area contributed by atoms with Crippen molar-refractivity contribution >= 4 is 28.8 Å². The highest BCUT2D eigenvalue weighted by Gasteiger charge is 2.48. The zero-order valence-corrected chi connectivity index (χ0v) is 26.0. The summed E-state index contributed by atoms with van der Waals surface area (Å²) in [5.74, 6) is 0.126. The fourth-order valence-electron chi connectivity index (χ4n) is 5.41. The molecule has 1 saturated heterocycles. The maximum atomic E-state index is 12.6. The van der Waals surface area contributed by atoms with Gasteiger partial charge in [-0.1, -0.05) is 78.1 Å². The first-order valence-corrected chi connectivity index (χ1v) is 16.0. The largest absolute Gasteiger partial charge is 0.394 e. The van der Waals surface area contributed by atoms with E-state index in [9.17, 15) is 30.0 Å². The molecule has 3 rings (SSSR count). The molecule has 0 aliphatic carbocycles. The van der Waals surface area contributed by atoms with Crippen LogP contribution in [0.3, 0.4) is 0 Å². The highest BCUT2D eigenvalue weighted by molar-refractivity contribution is 5.85. The normalized spacial score (nSPS) is 22.7. The Hall–Kier alpha value is -2.91. The number of aromatic nitrogens is 4. The molecule has 8 N–H and O–H groups in total. The number of imidazole rings is 1. The summed E-state index contributed by atoms with van der Waals surface area (Å²) in [6, 6.07) is -1.27. The molecule has 2 aromatic rings. The maximum absolute atomic E-state index is 12.6. The molecule has 3 heterocycles. The third-order valence-corrected chi connectivity index (χ3v) is 7.96. The first kappa shape index (κ1) is 35.6. The van der Waals surface area contributed by atoms with E-state index in [0.717, 1.165) is 31.6 Å². The van der Waals surface area contributed by atoms with Gasteiger partial charge in [-0.2, -0.15) is 0 Å². The van der Waals surface area contributed by atoms with Crippen molar-refractivity contribution in [2.45, 2.75) is 128 Å². The summed E-state index contributed by atoms with van der Waals surface area (Å²) < 4.78 is 5.79. The van der Waals surface area contributed by atoms with Crippen LogP contribution in [0.4, 0.5) is 5.82 Å². The van der Waals surface area contributed by atoms with Gasteiger partial charge in [-0.3, -0.25) is 9.59 Å². The molecular formula is C30H51N7O7. The lowest BCUT2D eigenvalue weighted by molar-refractivity contribution is -0.204. The van der Waals surface area contributed by atoms with E-state index in [-0.39, 0.29) is 18.3 Å².